The number of likely N-dealkylation sites (tertiary alicyclic amines) is 1. The van der Waals surface area contributed by atoms with Crippen LogP contribution < -0.4 is 10.6 Å². The molecule has 0 aromatic heterocycles. The highest BCUT2D eigenvalue weighted by Gasteiger charge is 2.21. The van der Waals surface area contributed by atoms with Gasteiger partial charge in [-0.2, -0.15) is 0 Å². The minimum atomic E-state index is -0.0149. The van der Waals surface area contributed by atoms with Crippen LogP contribution >= 0.6 is 12.4 Å². The predicted octanol–water partition coefficient (Wildman–Crippen LogP) is 0.679. The summed E-state index contributed by atoms with van der Waals surface area (Å²) in [6.45, 7) is 2.85. The van der Waals surface area contributed by atoms with Crippen LogP contribution in [-0.4, -0.2) is 48.9 Å². The highest BCUT2D eigenvalue weighted by molar-refractivity contribution is 5.85. The summed E-state index contributed by atoms with van der Waals surface area (Å²) in [4.78, 5) is 25.4. The lowest BCUT2D eigenvalue weighted by Crippen LogP contribution is -2.49. The number of hydrogen-bond acceptors (Lipinski definition) is 3. The smallest absolute Gasteiger partial charge is 0.239 e. The number of hydrogen-bond donors (Lipinski definition) is 2. The Hall–Kier alpha value is -0.810. The lowest BCUT2D eigenvalue weighted by Gasteiger charge is -2.26. The molecule has 2 aliphatic heterocycles. The molecular weight excluding hydrogens is 266 g/mol. The number of nitrogens with one attached hydrogen (secondary N) is 2. The molecule has 0 bridgehead atoms. The number of carbonyl (C=O) groups is 2. The van der Waals surface area contributed by atoms with Gasteiger partial charge in [0.2, 0.25) is 11.8 Å². The highest BCUT2D eigenvalue weighted by Crippen LogP contribution is 2.10. The second-order valence-corrected chi connectivity index (χ2v) is 5.24. The SMILES string of the molecule is Cl.O=C(CN1CCCCCC1=O)N[C@H]1CCCNC1. The van der Waals surface area contributed by atoms with Gasteiger partial charge in [0.25, 0.3) is 0 Å². The maximum atomic E-state index is 11.9. The van der Waals surface area contributed by atoms with Gasteiger partial charge in [0.05, 0.1) is 6.54 Å². The van der Waals surface area contributed by atoms with Crippen molar-refractivity contribution < 1.29 is 9.59 Å². The van der Waals surface area contributed by atoms with Crippen molar-refractivity contribution in [3.8, 4) is 0 Å². The zero-order valence-corrected chi connectivity index (χ0v) is 12.1. The van der Waals surface area contributed by atoms with Crippen LogP contribution in [0.25, 0.3) is 0 Å². The molecule has 6 heteroatoms. The standard InChI is InChI=1S/C13H23N3O2.ClH/c17-12(15-11-5-4-7-14-9-11)10-16-8-3-1-2-6-13(16)18;/h11,14H,1-10H2,(H,15,17);1H/t11-;/m0./s1. The number of halogens is 1. The number of carbonyl (C=O) groups excluding carboxylic acids is 2. The van der Waals surface area contributed by atoms with Crippen molar-refractivity contribution in [2.24, 2.45) is 0 Å². The average molecular weight is 290 g/mol. The summed E-state index contributed by atoms with van der Waals surface area (Å²) >= 11 is 0. The molecule has 0 aliphatic carbocycles. The maximum absolute atomic E-state index is 11.9. The number of rotatable bonds is 3. The third-order valence-electron chi connectivity index (χ3n) is 3.67. The minimum absolute atomic E-state index is 0. The van der Waals surface area contributed by atoms with Gasteiger partial charge in [-0.05, 0) is 32.2 Å². The fourth-order valence-corrected chi connectivity index (χ4v) is 2.63. The summed E-state index contributed by atoms with van der Waals surface area (Å²) < 4.78 is 0. The van der Waals surface area contributed by atoms with Crippen LogP contribution in [0.4, 0.5) is 0 Å². The monoisotopic (exact) mass is 289 g/mol. The molecule has 1 atom stereocenters. The second kappa shape index (κ2) is 8.38. The molecule has 2 fully saturated rings. The van der Waals surface area contributed by atoms with E-state index in [0.29, 0.717) is 6.42 Å². The van der Waals surface area contributed by atoms with Crippen molar-refractivity contribution in [2.75, 3.05) is 26.2 Å². The van der Waals surface area contributed by atoms with Gasteiger partial charge in [-0.1, -0.05) is 6.42 Å². The van der Waals surface area contributed by atoms with Crippen LogP contribution in [-0.2, 0) is 9.59 Å². The summed E-state index contributed by atoms with van der Waals surface area (Å²) in [7, 11) is 0. The summed E-state index contributed by atoms with van der Waals surface area (Å²) in [5.74, 6) is 0.114. The Bertz CT molecular complexity index is 306. The molecule has 0 aromatic carbocycles. The number of amides is 2. The Labute approximate surface area is 120 Å². The molecule has 2 aliphatic rings. The summed E-state index contributed by atoms with van der Waals surface area (Å²) in [6.07, 6.45) is 5.81. The van der Waals surface area contributed by atoms with Crippen molar-refractivity contribution in [3.63, 3.8) is 0 Å². The van der Waals surface area contributed by atoms with Gasteiger partial charge >= 0.3 is 0 Å². The minimum Gasteiger partial charge on any atom is -0.351 e. The van der Waals surface area contributed by atoms with Crippen molar-refractivity contribution in [1.82, 2.24) is 15.5 Å². The Morgan fingerprint density at radius 3 is 2.89 bits per heavy atom. The van der Waals surface area contributed by atoms with Crippen molar-refractivity contribution in [1.29, 1.82) is 0 Å². The number of piperidine rings is 1. The first-order valence-corrected chi connectivity index (χ1v) is 7.03. The Morgan fingerprint density at radius 2 is 2.16 bits per heavy atom. The lowest BCUT2D eigenvalue weighted by molar-refractivity contribution is -0.135. The molecule has 0 aromatic rings. The Kier molecular flexibility index (Phi) is 7.16. The van der Waals surface area contributed by atoms with E-state index in [1.807, 2.05) is 0 Å². The molecule has 2 rings (SSSR count). The normalized spacial score (nSPS) is 24.3. The number of nitrogens with zero attached hydrogens (tertiary/aromatic N) is 1. The molecule has 0 unspecified atom stereocenters. The Balaban J connectivity index is 0.00000180. The van der Waals surface area contributed by atoms with Crippen LogP contribution in [0, 0.1) is 0 Å². The molecule has 0 spiro atoms. The van der Waals surface area contributed by atoms with Crippen LogP contribution in [0.2, 0.25) is 0 Å². The molecule has 0 radical (unpaired) electrons. The zero-order chi connectivity index (χ0) is 12.8. The maximum Gasteiger partial charge on any atom is 0.239 e. The van der Waals surface area contributed by atoms with E-state index in [4.69, 9.17) is 0 Å². The van der Waals surface area contributed by atoms with Crippen LogP contribution in [0.1, 0.15) is 38.5 Å². The van der Waals surface area contributed by atoms with Crippen molar-refractivity contribution in [2.45, 2.75) is 44.6 Å². The fourth-order valence-electron chi connectivity index (χ4n) is 2.63. The van der Waals surface area contributed by atoms with Gasteiger partial charge in [0.1, 0.15) is 0 Å². The van der Waals surface area contributed by atoms with Gasteiger partial charge in [0, 0.05) is 25.6 Å². The van der Waals surface area contributed by atoms with E-state index in [9.17, 15) is 9.59 Å². The third kappa shape index (κ3) is 5.37. The van der Waals surface area contributed by atoms with Crippen molar-refractivity contribution >= 4 is 24.2 Å². The lowest BCUT2D eigenvalue weighted by atomic mass is 10.1. The molecule has 0 saturated carbocycles. The van der Waals surface area contributed by atoms with E-state index < -0.39 is 0 Å². The van der Waals surface area contributed by atoms with Crippen LogP contribution in [0.15, 0.2) is 0 Å². The van der Waals surface area contributed by atoms with Gasteiger partial charge in [0.15, 0.2) is 0 Å². The summed E-state index contributed by atoms with van der Waals surface area (Å²) in [5.41, 5.74) is 0. The molecule has 2 amide bonds. The molecular formula is C13H24ClN3O2. The molecule has 5 nitrogen and oxygen atoms in total. The first kappa shape index (κ1) is 16.2. The molecule has 110 valence electrons. The molecule has 2 N–H and O–H groups in total. The summed E-state index contributed by atoms with van der Waals surface area (Å²) in [6, 6.07) is 0.230. The van der Waals surface area contributed by atoms with Gasteiger partial charge < -0.3 is 15.5 Å². The van der Waals surface area contributed by atoms with E-state index in [2.05, 4.69) is 10.6 Å². The van der Waals surface area contributed by atoms with E-state index in [-0.39, 0.29) is 36.8 Å². The van der Waals surface area contributed by atoms with Crippen molar-refractivity contribution in [3.05, 3.63) is 0 Å². The molecule has 19 heavy (non-hydrogen) atoms. The quantitative estimate of drug-likeness (QED) is 0.803. The first-order valence-electron chi connectivity index (χ1n) is 7.03. The zero-order valence-electron chi connectivity index (χ0n) is 11.3. The first-order chi connectivity index (χ1) is 8.75. The van der Waals surface area contributed by atoms with E-state index in [1.165, 1.54) is 0 Å². The third-order valence-corrected chi connectivity index (χ3v) is 3.67. The van der Waals surface area contributed by atoms with E-state index >= 15 is 0 Å². The van der Waals surface area contributed by atoms with E-state index in [1.54, 1.807) is 4.90 Å². The fraction of sp³-hybridized carbons (Fsp3) is 0.846. The van der Waals surface area contributed by atoms with Gasteiger partial charge in [-0.3, -0.25) is 9.59 Å². The average Bonchev–Trinajstić information content (AvgIpc) is 2.56. The van der Waals surface area contributed by atoms with Gasteiger partial charge in [-0.15, -0.1) is 12.4 Å². The van der Waals surface area contributed by atoms with E-state index in [0.717, 1.165) is 51.7 Å². The largest absolute Gasteiger partial charge is 0.351 e. The van der Waals surface area contributed by atoms with Crippen LogP contribution in [0.5, 0.6) is 0 Å². The predicted molar refractivity (Wildman–Crippen MR) is 76.3 cm³/mol. The topological polar surface area (TPSA) is 61.4 Å². The van der Waals surface area contributed by atoms with Gasteiger partial charge in [-0.25, -0.2) is 0 Å². The van der Waals surface area contributed by atoms with Crippen LogP contribution in [0.3, 0.4) is 0 Å². The highest BCUT2D eigenvalue weighted by atomic mass is 35.5. The molecule has 2 heterocycles. The Morgan fingerprint density at radius 1 is 1.32 bits per heavy atom. The second-order valence-electron chi connectivity index (χ2n) is 5.24. The molecule has 2 saturated heterocycles. The summed E-state index contributed by atoms with van der Waals surface area (Å²) in [5, 5.41) is 6.28.